The van der Waals surface area contributed by atoms with Crippen molar-refractivity contribution in [3.63, 3.8) is 0 Å². The number of hydrogen-bond acceptors (Lipinski definition) is 3. The lowest BCUT2D eigenvalue weighted by molar-refractivity contribution is 0.639. The summed E-state index contributed by atoms with van der Waals surface area (Å²) in [7, 11) is 0. The van der Waals surface area contributed by atoms with E-state index in [1.807, 2.05) is 13.1 Å². The number of rotatable bonds is 2. The van der Waals surface area contributed by atoms with E-state index in [4.69, 9.17) is 5.73 Å². The Morgan fingerprint density at radius 1 is 1.90 bits per heavy atom. The lowest BCUT2D eigenvalue weighted by atomic mass is 10.5. The van der Waals surface area contributed by atoms with Gasteiger partial charge in [0.1, 0.15) is 0 Å². The maximum absolute atomic E-state index is 5.35. The SMILES string of the molecule is C=C(N)Cn1cc(C)nn1. The minimum atomic E-state index is 0.542. The Labute approximate surface area is 59.3 Å². The molecule has 2 N–H and O–H groups in total. The zero-order valence-electron chi connectivity index (χ0n) is 5.91. The largest absolute Gasteiger partial charge is 0.401 e. The number of nitrogens with two attached hydrogens (primary N) is 1. The molecule has 54 valence electrons. The Morgan fingerprint density at radius 2 is 2.60 bits per heavy atom. The summed E-state index contributed by atoms with van der Waals surface area (Å²) in [4.78, 5) is 0. The van der Waals surface area contributed by atoms with E-state index in [1.165, 1.54) is 0 Å². The van der Waals surface area contributed by atoms with Gasteiger partial charge in [0.25, 0.3) is 0 Å². The highest BCUT2D eigenvalue weighted by molar-refractivity contribution is 4.91. The summed E-state index contributed by atoms with van der Waals surface area (Å²) in [6.45, 7) is 5.97. The molecule has 10 heavy (non-hydrogen) atoms. The van der Waals surface area contributed by atoms with Crippen LogP contribution in [0.5, 0.6) is 0 Å². The van der Waals surface area contributed by atoms with Gasteiger partial charge in [0.2, 0.25) is 0 Å². The monoisotopic (exact) mass is 138 g/mol. The van der Waals surface area contributed by atoms with Crippen molar-refractivity contribution in [2.75, 3.05) is 0 Å². The van der Waals surface area contributed by atoms with Crippen LogP contribution in [0, 0.1) is 6.92 Å². The Morgan fingerprint density at radius 3 is 3.00 bits per heavy atom. The molecule has 0 amide bonds. The zero-order chi connectivity index (χ0) is 7.56. The fourth-order valence-electron chi connectivity index (χ4n) is 0.681. The van der Waals surface area contributed by atoms with E-state index in [9.17, 15) is 0 Å². The third kappa shape index (κ3) is 1.58. The van der Waals surface area contributed by atoms with E-state index in [0.29, 0.717) is 12.2 Å². The number of aromatic nitrogens is 3. The van der Waals surface area contributed by atoms with E-state index in [1.54, 1.807) is 4.68 Å². The molecule has 0 aliphatic rings. The van der Waals surface area contributed by atoms with E-state index < -0.39 is 0 Å². The standard InChI is InChI=1S/C6H10N4/c1-5(7)3-10-4-6(2)8-9-10/h4H,1,3,7H2,2H3. The van der Waals surface area contributed by atoms with Crippen molar-refractivity contribution in [3.05, 3.63) is 24.2 Å². The highest BCUT2D eigenvalue weighted by Crippen LogP contribution is 1.90. The van der Waals surface area contributed by atoms with Gasteiger partial charge < -0.3 is 5.73 Å². The first-order valence-electron chi connectivity index (χ1n) is 2.98. The highest BCUT2D eigenvalue weighted by Gasteiger charge is 1.93. The van der Waals surface area contributed by atoms with Crippen LogP contribution in [0.2, 0.25) is 0 Å². The number of nitrogens with zero attached hydrogens (tertiary/aromatic N) is 3. The second kappa shape index (κ2) is 2.51. The van der Waals surface area contributed by atoms with Crippen molar-refractivity contribution in [2.24, 2.45) is 5.73 Å². The van der Waals surface area contributed by atoms with Crippen molar-refractivity contribution in [3.8, 4) is 0 Å². The fourth-order valence-corrected chi connectivity index (χ4v) is 0.681. The summed E-state index contributed by atoms with van der Waals surface area (Å²) in [5.41, 5.74) is 6.83. The van der Waals surface area contributed by atoms with E-state index in [-0.39, 0.29) is 0 Å². The van der Waals surface area contributed by atoms with Gasteiger partial charge in [-0.15, -0.1) is 5.10 Å². The summed E-state index contributed by atoms with van der Waals surface area (Å²) in [6.07, 6.45) is 1.82. The fraction of sp³-hybridized carbons (Fsp3) is 0.333. The van der Waals surface area contributed by atoms with Crippen LogP contribution >= 0.6 is 0 Å². The van der Waals surface area contributed by atoms with Crippen LogP contribution in [0.1, 0.15) is 5.69 Å². The lowest BCUT2D eigenvalue weighted by Gasteiger charge is -1.95. The molecule has 4 heteroatoms. The quantitative estimate of drug-likeness (QED) is 0.628. The van der Waals surface area contributed by atoms with Crippen molar-refractivity contribution in [2.45, 2.75) is 13.5 Å². The first-order valence-corrected chi connectivity index (χ1v) is 2.98. The molecule has 0 fully saturated rings. The molecule has 0 bridgehead atoms. The molecule has 1 aromatic heterocycles. The van der Waals surface area contributed by atoms with Gasteiger partial charge >= 0.3 is 0 Å². The van der Waals surface area contributed by atoms with E-state index in [0.717, 1.165) is 5.69 Å². The lowest BCUT2D eigenvalue weighted by Crippen LogP contribution is -2.07. The summed E-state index contributed by atoms with van der Waals surface area (Å²) in [5.74, 6) is 0. The Bertz CT molecular complexity index is 238. The van der Waals surface area contributed by atoms with Gasteiger partial charge in [0.05, 0.1) is 12.2 Å². The average molecular weight is 138 g/mol. The maximum atomic E-state index is 5.35. The Hall–Kier alpha value is -1.32. The smallest absolute Gasteiger partial charge is 0.0815 e. The molecular weight excluding hydrogens is 128 g/mol. The molecule has 0 saturated heterocycles. The second-order valence-corrected chi connectivity index (χ2v) is 2.22. The van der Waals surface area contributed by atoms with E-state index >= 15 is 0 Å². The van der Waals surface area contributed by atoms with Crippen LogP contribution in [0.25, 0.3) is 0 Å². The molecule has 0 aromatic carbocycles. The van der Waals surface area contributed by atoms with Gasteiger partial charge in [-0.25, -0.2) is 4.68 Å². The van der Waals surface area contributed by atoms with Crippen molar-refractivity contribution in [1.29, 1.82) is 0 Å². The third-order valence-corrected chi connectivity index (χ3v) is 1.02. The van der Waals surface area contributed by atoms with Gasteiger partial charge in [0, 0.05) is 11.9 Å². The maximum Gasteiger partial charge on any atom is 0.0815 e. The minimum Gasteiger partial charge on any atom is -0.401 e. The van der Waals surface area contributed by atoms with Crippen LogP contribution < -0.4 is 5.73 Å². The molecule has 0 unspecified atom stereocenters. The first-order chi connectivity index (χ1) is 4.68. The van der Waals surface area contributed by atoms with Gasteiger partial charge in [-0.1, -0.05) is 11.8 Å². The van der Waals surface area contributed by atoms with E-state index in [2.05, 4.69) is 16.9 Å². The third-order valence-electron chi connectivity index (χ3n) is 1.02. The predicted octanol–water partition coefficient (Wildman–Crippen LogP) is 0.0589. The Balaban J connectivity index is 2.67. The van der Waals surface area contributed by atoms with Crippen LogP contribution in [-0.4, -0.2) is 15.0 Å². The normalized spacial score (nSPS) is 9.70. The van der Waals surface area contributed by atoms with Gasteiger partial charge in [0.15, 0.2) is 0 Å². The zero-order valence-corrected chi connectivity index (χ0v) is 5.91. The highest BCUT2D eigenvalue weighted by atomic mass is 15.4. The van der Waals surface area contributed by atoms with Gasteiger partial charge in [-0.05, 0) is 6.92 Å². The molecule has 1 heterocycles. The molecule has 0 aliphatic carbocycles. The minimum absolute atomic E-state index is 0.542. The number of hydrogen-bond donors (Lipinski definition) is 1. The van der Waals surface area contributed by atoms with Crippen molar-refractivity contribution in [1.82, 2.24) is 15.0 Å². The summed E-state index contributed by atoms with van der Waals surface area (Å²) >= 11 is 0. The molecule has 4 nitrogen and oxygen atoms in total. The molecule has 1 aromatic rings. The number of allylic oxidation sites excluding steroid dienone is 1. The molecular formula is C6H10N4. The molecule has 0 aliphatic heterocycles. The predicted molar refractivity (Wildman–Crippen MR) is 38.1 cm³/mol. The van der Waals surface area contributed by atoms with Crippen molar-refractivity contribution < 1.29 is 0 Å². The first kappa shape index (κ1) is 6.80. The molecule has 0 atom stereocenters. The average Bonchev–Trinajstić information content (AvgIpc) is 2.13. The second-order valence-electron chi connectivity index (χ2n) is 2.22. The van der Waals surface area contributed by atoms with Crippen LogP contribution in [0.3, 0.4) is 0 Å². The molecule has 0 saturated carbocycles. The van der Waals surface area contributed by atoms with Gasteiger partial charge in [-0.3, -0.25) is 0 Å². The molecule has 1 rings (SSSR count). The summed E-state index contributed by atoms with van der Waals surface area (Å²) in [5, 5.41) is 7.57. The molecule has 0 radical (unpaired) electrons. The summed E-state index contributed by atoms with van der Waals surface area (Å²) < 4.78 is 1.65. The van der Waals surface area contributed by atoms with Gasteiger partial charge in [-0.2, -0.15) is 0 Å². The van der Waals surface area contributed by atoms with Crippen molar-refractivity contribution >= 4 is 0 Å². The number of aryl methyl sites for hydroxylation is 1. The molecule has 0 spiro atoms. The van der Waals surface area contributed by atoms with Crippen LogP contribution in [-0.2, 0) is 6.54 Å². The van der Waals surface area contributed by atoms with Crippen LogP contribution in [0.4, 0.5) is 0 Å². The van der Waals surface area contributed by atoms with Crippen LogP contribution in [0.15, 0.2) is 18.5 Å². The Kier molecular flexibility index (Phi) is 1.71. The topological polar surface area (TPSA) is 56.7 Å². The summed E-state index contributed by atoms with van der Waals surface area (Å²) in [6, 6.07) is 0.